The Morgan fingerprint density at radius 3 is 2.63 bits per heavy atom. The zero-order valence-corrected chi connectivity index (χ0v) is 10.5. The standard InChI is InChI=1S/C15H16N2O2/c16-12-5-6-14(17)13(9-12)11-3-1-2-10(8-11)4-7-15(18)19/h1-3,5-6,8-9H,4,7,16-17H2,(H,18,19). The second kappa shape index (κ2) is 5.44. The molecule has 0 aliphatic rings. The number of aliphatic carboxylic acids is 1. The summed E-state index contributed by atoms with van der Waals surface area (Å²) in [7, 11) is 0. The molecule has 4 heteroatoms. The number of aryl methyl sites for hydroxylation is 1. The van der Waals surface area contributed by atoms with Crippen molar-refractivity contribution in [3.63, 3.8) is 0 Å². The van der Waals surface area contributed by atoms with Gasteiger partial charge in [0.2, 0.25) is 0 Å². The van der Waals surface area contributed by atoms with Gasteiger partial charge in [0, 0.05) is 23.4 Å². The average molecular weight is 256 g/mol. The number of benzene rings is 2. The van der Waals surface area contributed by atoms with Gasteiger partial charge in [0.05, 0.1) is 0 Å². The number of anilines is 2. The van der Waals surface area contributed by atoms with Crippen molar-refractivity contribution in [2.24, 2.45) is 0 Å². The second-order valence-corrected chi connectivity index (χ2v) is 4.44. The van der Waals surface area contributed by atoms with E-state index in [0.717, 1.165) is 16.7 Å². The van der Waals surface area contributed by atoms with Crippen LogP contribution >= 0.6 is 0 Å². The van der Waals surface area contributed by atoms with Gasteiger partial charge >= 0.3 is 5.97 Å². The number of nitrogens with two attached hydrogens (primary N) is 2. The quantitative estimate of drug-likeness (QED) is 0.733. The zero-order chi connectivity index (χ0) is 13.8. The lowest BCUT2D eigenvalue weighted by Gasteiger charge is -2.08. The Balaban J connectivity index is 2.32. The van der Waals surface area contributed by atoms with Crippen LogP contribution in [0.3, 0.4) is 0 Å². The Bertz CT molecular complexity index is 609. The molecule has 0 fully saturated rings. The van der Waals surface area contributed by atoms with Gasteiger partial charge in [0.1, 0.15) is 0 Å². The van der Waals surface area contributed by atoms with Crippen LogP contribution in [0.1, 0.15) is 12.0 Å². The first-order chi connectivity index (χ1) is 9.06. The molecule has 5 N–H and O–H groups in total. The number of hydrogen-bond acceptors (Lipinski definition) is 3. The van der Waals surface area contributed by atoms with Crippen LogP contribution in [-0.4, -0.2) is 11.1 Å². The molecular formula is C15H16N2O2. The van der Waals surface area contributed by atoms with E-state index in [4.69, 9.17) is 16.6 Å². The van der Waals surface area contributed by atoms with E-state index in [9.17, 15) is 4.79 Å². The summed E-state index contributed by atoms with van der Waals surface area (Å²) in [6, 6.07) is 13.1. The third-order valence-corrected chi connectivity index (χ3v) is 2.94. The lowest BCUT2D eigenvalue weighted by Crippen LogP contribution is -1.98. The molecule has 0 radical (unpaired) electrons. The summed E-state index contributed by atoms with van der Waals surface area (Å²) in [5.41, 5.74) is 15.8. The minimum absolute atomic E-state index is 0.121. The van der Waals surface area contributed by atoms with Crippen molar-refractivity contribution in [2.75, 3.05) is 11.5 Å². The molecule has 0 bridgehead atoms. The molecule has 0 aliphatic carbocycles. The highest BCUT2D eigenvalue weighted by Gasteiger charge is 2.05. The van der Waals surface area contributed by atoms with Gasteiger partial charge < -0.3 is 16.6 Å². The second-order valence-electron chi connectivity index (χ2n) is 4.44. The van der Waals surface area contributed by atoms with Gasteiger partial charge in [-0.25, -0.2) is 0 Å². The van der Waals surface area contributed by atoms with Gasteiger partial charge in [0.25, 0.3) is 0 Å². The number of hydrogen-bond donors (Lipinski definition) is 3. The molecule has 0 spiro atoms. The maximum absolute atomic E-state index is 10.6. The number of carboxylic acids is 1. The fraction of sp³-hybridized carbons (Fsp3) is 0.133. The largest absolute Gasteiger partial charge is 0.481 e. The van der Waals surface area contributed by atoms with Crippen LogP contribution < -0.4 is 11.5 Å². The predicted octanol–water partition coefficient (Wildman–Crippen LogP) is 2.54. The van der Waals surface area contributed by atoms with E-state index in [2.05, 4.69) is 0 Å². The summed E-state index contributed by atoms with van der Waals surface area (Å²) in [4.78, 5) is 10.6. The summed E-state index contributed by atoms with van der Waals surface area (Å²) >= 11 is 0. The van der Waals surface area contributed by atoms with Crippen molar-refractivity contribution >= 4 is 17.3 Å². The lowest BCUT2D eigenvalue weighted by atomic mass is 9.99. The number of carboxylic acid groups (broad SMARTS) is 1. The summed E-state index contributed by atoms with van der Waals surface area (Å²) < 4.78 is 0. The SMILES string of the molecule is Nc1ccc(N)c(-c2cccc(CCC(=O)O)c2)c1. The van der Waals surface area contributed by atoms with Crippen molar-refractivity contribution in [3.8, 4) is 11.1 Å². The molecule has 19 heavy (non-hydrogen) atoms. The maximum atomic E-state index is 10.6. The first kappa shape index (κ1) is 13.0. The molecule has 0 aromatic heterocycles. The topological polar surface area (TPSA) is 89.3 Å². The molecule has 98 valence electrons. The molecule has 0 unspecified atom stereocenters. The summed E-state index contributed by atoms with van der Waals surface area (Å²) in [6.07, 6.45) is 0.626. The van der Waals surface area contributed by atoms with Gasteiger partial charge in [-0.15, -0.1) is 0 Å². The van der Waals surface area contributed by atoms with Crippen molar-refractivity contribution in [2.45, 2.75) is 12.8 Å². The Hall–Kier alpha value is -2.49. The predicted molar refractivity (Wildman–Crippen MR) is 76.7 cm³/mol. The molecule has 4 nitrogen and oxygen atoms in total. The first-order valence-corrected chi connectivity index (χ1v) is 6.02. The van der Waals surface area contributed by atoms with E-state index in [0.29, 0.717) is 17.8 Å². The van der Waals surface area contributed by atoms with Gasteiger partial charge in [-0.3, -0.25) is 4.79 Å². The van der Waals surface area contributed by atoms with E-state index in [-0.39, 0.29) is 6.42 Å². The lowest BCUT2D eigenvalue weighted by molar-refractivity contribution is -0.136. The fourth-order valence-electron chi connectivity index (χ4n) is 1.97. The molecule has 2 aromatic rings. The molecule has 0 atom stereocenters. The molecule has 0 saturated heterocycles. The van der Waals surface area contributed by atoms with Crippen molar-refractivity contribution in [1.29, 1.82) is 0 Å². The molecule has 2 rings (SSSR count). The van der Waals surface area contributed by atoms with Crippen molar-refractivity contribution in [1.82, 2.24) is 0 Å². The Labute approximate surface area is 111 Å². The minimum Gasteiger partial charge on any atom is -0.481 e. The van der Waals surface area contributed by atoms with Crippen LogP contribution in [0.4, 0.5) is 11.4 Å². The van der Waals surface area contributed by atoms with Crippen LogP contribution in [0.25, 0.3) is 11.1 Å². The maximum Gasteiger partial charge on any atom is 0.303 e. The third kappa shape index (κ3) is 3.25. The van der Waals surface area contributed by atoms with Crippen molar-refractivity contribution in [3.05, 3.63) is 48.0 Å². The van der Waals surface area contributed by atoms with E-state index in [1.807, 2.05) is 30.3 Å². The van der Waals surface area contributed by atoms with Gasteiger partial charge in [-0.2, -0.15) is 0 Å². The summed E-state index contributed by atoms with van der Waals surface area (Å²) in [5, 5.41) is 8.71. The molecule has 2 aromatic carbocycles. The minimum atomic E-state index is -0.797. The number of nitrogen functional groups attached to an aromatic ring is 2. The van der Waals surface area contributed by atoms with E-state index >= 15 is 0 Å². The summed E-state index contributed by atoms with van der Waals surface area (Å²) in [5.74, 6) is -0.797. The van der Waals surface area contributed by atoms with E-state index < -0.39 is 5.97 Å². The monoisotopic (exact) mass is 256 g/mol. The number of carbonyl (C=O) groups is 1. The number of rotatable bonds is 4. The Morgan fingerprint density at radius 1 is 1.11 bits per heavy atom. The smallest absolute Gasteiger partial charge is 0.303 e. The Kier molecular flexibility index (Phi) is 3.71. The van der Waals surface area contributed by atoms with Crippen LogP contribution in [-0.2, 0) is 11.2 Å². The highest BCUT2D eigenvalue weighted by Crippen LogP contribution is 2.28. The first-order valence-electron chi connectivity index (χ1n) is 6.02. The van der Waals surface area contributed by atoms with Gasteiger partial charge in [-0.05, 0) is 35.7 Å². The summed E-state index contributed by atoms with van der Waals surface area (Å²) in [6.45, 7) is 0. The normalized spacial score (nSPS) is 10.3. The molecule has 0 heterocycles. The van der Waals surface area contributed by atoms with Crippen LogP contribution in [0.2, 0.25) is 0 Å². The average Bonchev–Trinajstić information content (AvgIpc) is 2.39. The fourth-order valence-corrected chi connectivity index (χ4v) is 1.97. The van der Waals surface area contributed by atoms with E-state index in [1.165, 1.54) is 0 Å². The molecular weight excluding hydrogens is 240 g/mol. The van der Waals surface area contributed by atoms with Crippen LogP contribution in [0, 0.1) is 0 Å². The zero-order valence-electron chi connectivity index (χ0n) is 10.5. The van der Waals surface area contributed by atoms with Gasteiger partial charge in [-0.1, -0.05) is 24.3 Å². The molecule has 0 saturated carbocycles. The molecule has 0 amide bonds. The van der Waals surface area contributed by atoms with Crippen LogP contribution in [0.5, 0.6) is 0 Å². The Morgan fingerprint density at radius 2 is 1.89 bits per heavy atom. The van der Waals surface area contributed by atoms with E-state index in [1.54, 1.807) is 12.1 Å². The van der Waals surface area contributed by atoms with Crippen molar-refractivity contribution < 1.29 is 9.90 Å². The highest BCUT2D eigenvalue weighted by atomic mass is 16.4. The third-order valence-electron chi connectivity index (χ3n) is 2.94. The highest BCUT2D eigenvalue weighted by molar-refractivity contribution is 5.79. The van der Waals surface area contributed by atoms with Gasteiger partial charge in [0.15, 0.2) is 0 Å². The molecule has 0 aliphatic heterocycles. The van der Waals surface area contributed by atoms with Crippen LogP contribution in [0.15, 0.2) is 42.5 Å².